The molecule has 4 rings (SSSR count). The van der Waals surface area contributed by atoms with Crippen LogP contribution in [0.2, 0.25) is 5.02 Å². The molecule has 2 saturated heterocycles. The molecule has 34 heavy (non-hydrogen) atoms. The van der Waals surface area contributed by atoms with Gasteiger partial charge in [-0.2, -0.15) is 0 Å². The van der Waals surface area contributed by atoms with Crippen molar-refractivity contribution in [2.45, 2.75) is 49.1 Å². The molecular formula is C24H25ClN2O6S. The van der Waals surface area contributed by atoms with E-state index in [1.54, 1.807) is 69.5 Å². The van der Waals surface area contributed by atoms with E-state index < -0.39 is 50.8 Å². The number of halogens is 1. The van der Waals surface area contributed by atoms with Crippen LogP contribution in [0, 0.1) is 0 Å². The molecule has 8 nitrogen and oxygen atoms in total. The Morgan fingerprint density at radius 1 is 1.15 bits per heavy atom. The lowest BCUT2D eigenvalue weighted by Crippen LogP contribution is -2.71. The number of β-lactam (4-membered cyclic amide) rings is 1. The quantitative estimate of drug-likeness (QED) is 0.458. The fraction of sp³-hybridized carbons (Fsp3) is 0.375. The highest BCUT2D eigenvalue weighted by atomic mass is 35.5. The van der Waals surface area contributed by atoms with Gasteiger partial charge in [-0.15, -0.1) is 0 Å². The molecule has 0 saturated carbocycles. The summed E-state index contributed by atoms with van der Waals surface area (Å²) in [4.78, 5) is 39.7. The van der Waals surface area contributed by atoms with E-state index in [0.29, 0.717) is 16.3 Å². The van der Waals surface area contributed by atoms with Crippen LogP contribution in [0.25, 0.3) is 0 Å². The van der Waals surface area contributed by atoms with Crippen LogP contribution in [-0.4, -0.2) is 56.2 Å². The van der Waals surface area contributed by atoms with Crippen LogP contribution < -0.4 is 10.1 Å². The summed E-state index contributed by atoms with van der Waals surface area (Å²) >= 11 is 6.11. The summed E-state index contributed by atoms with van der Waals surface area (Å²) in [6.45, 7) is 3.33. The Hall–Kier alpha value is -2.91. The van der Waals surface area contributed by atoms with Crippen molar-refractivity contribution in [1.82, 2.24) is 10.2 Å². The Balaban J connectivity index is 1.43. The summed E-state index contributed by atoms with van der Waals surface area (Å²) in [5, 5.41) is 2.32. The number of nitrogens with one attached hydrogen (secondary N) is 1. The van der Waals surface area contributed by atoms with Crippen molar-refractivity contribution in [3.63, 3.8) is 0 Å². The SMILES string of the molecule is COc1ccc(COC(=O)[C@@H]2N3C(=O)[C@@H](NC(=O)Cc4ccccc4Cl)[C@H]3[S@@](=O)C2(C)C)cc1. The third-order valence-electron chi connectivity index (χ3n) is 6.14. The van der Waals surface area contributed by atoms with Crippen molar-refractivity contribution in [2.75, 3.05) is 7.11 Å². The number of esters is 1. The van der Waals surface area contributed by atoms with Gasteiger partial charge in [-0.05, 0) is 43.2 Å². The standard InChI is InChI=1S/C24H25ClN2O6S/c1-24(2)20(23(30)33-13-14-8-10-16(32-3)11-9-14)27-21(29)19(22(27)34(24)31)26-18(28)12-15-6-4-5-7-17(15)25/h4-11,19-20,22H,12-13H2,1-3H3,(H,26,28)/t19-,20+,22-,34-/m1/s1. The molecule has 2 aromatic rings. The van der Waals surface area contributed by atoms with Crippen molar-refractivity contribution < 1.29 is 28.1 Å². The van der Waals surface area contributed by atoms with E-state index in [1.165, 1.54) is 4.90 Å². The molecule has 2 heterocycles. The third-order valence-corrected chi connectivity index (χ3v) is 8.71. The lowest BCUT2D eigenvalue weighted by Gasteiger charge is -2.43. The summed E-state index contributed by atoms with van der Waals surface area (Å²) in [5.74, 6) is -0.820. The maximum absolute atomic E-state index is 13.2. The second-order valence-electron chi connectivity index (χ2n) is 8.71. The van der Waals surface area contributed by atoms with Gasteiger partial charge in [0.05, 0.1) is 29.1 Å². The molecule has 0 spiro atoms. The number of ether oxygens (including phenoxy) is 2. The fourth-order valence-electron chi connectivity index (χ4n) is 4.27. The van der Waals surface area contributed by atoms with Gasteiger partial charge < -0.3 is 19.7 Å². The van der Waals surface area contributed by atoms with E-state index >= 15 is 0 Å². The highest BCUT2D eigenvalue weighted by molar-refractivity contribution is 7.87. The number of carbonyl (C=O) groups excluding carboxylic acids is 3. The number of benzene rings is 2. The zero-order valence-corrected chi connectivity index (χ0v) is 20.5. The number of hydrogen-bond acceptors (Lipinski definition) is 6. The van der Waals surface area contributed by atoms with Gasteiger partial charge in [-0.3, -0.25) is 13.8 Å². The van der Waals surface area contributed by atoms with Gasteiger partial charge in [0.15, 0.2) is 0 Å². The van der Waals surface area contributed by atoms with E-state index in [0.717, 1.165) is 5.56 Å². The lowest BCUT2D eigenvalue weighted by molar-refractivity contribution is -0.165. The first-order chi connectivity index (χ1) is 16.1. The molecule has 180 valence electrons. The van der Waals surface area contributed by atoms with Gasteiger partial charge >= 0.3 is 5.97 Å². The third kappa shape index (κ3) is 4.30. The summed E-state index contributed by atoms with van der Waals surface area (Å²) in [5.41, 5.74) is 1.38. The van der Waals surface area contributed by atoms with Gasteiger partial charge in [0, 0.05) is 5.02 Å². The van der Waals surface area contributed by atoms with Crippen molar-refractivity contribution in [3.8, 4) is 5.75 Å². The van der Waals surface area contributed by atoms with E-state index in [1.807, 2.05) is 0 Å². The molecule has 2 amide bonds. The second-order valence-corrected chi connectivity index (χ2v) is 11.2. The molecule has 0 bridgehead atoms. The number of hydrogen-bond donors (Lipinski definition) is 1. The zero-order valence-electron chi connectivity index (χ0n) is 18.9. The smallest absolute Gasteiger partial charge is 0.330 e. The average Bonchev–Trinajstić information content (AvgIpc) is 3.01. The predicted molar refractivity (Wildman–Crippen MR) is 127 cm³/mol. The minimum Gasteiger partial charge on any atom is -0.497 e. The van der Waals surface area contributed by atoms with Gasteiger partial charge in [0.25, 0.3) is 0 Å². The minimum atomic E-state index is -1.60. The molecule has 4 atom stereocenters. The summed E-state index contributed by atoms with van der Waals surface area (Å²) in [7, 11) is -0.0356. The number of fused-ring (bicyclic) bond motifs is 1. The maximum atomic E-state index is 13.2. The van der Waals surface area contributed by atoms with E-state index in [9.17, 15) is 18.6 Å². The van der Waals surface area contributed by atoms with Crippen LogP contribution in [-0.2, 0) is 42.9 Å². The van der Waals surface area contributed by atoms with Crippen molar-refractivity contribution in [2.24, 2.45) is 0 Å². The average molecular weight is 505 g/mol. The van der Waals surface area contributed by atoms with Crippen LogP contribution in [0.4, 0.5) is 0 Å². The molecule has 0 aromatic heterocycles. The number of methoxy groups -OCH3 is 1. The number of amides is 2. The number of rotatable bonds is 7. The summed E-state index contributed by atoms with van der Waals surface area (Å²) in [6.07, 6.45) is -0.0144. The second kappa shape index (κ2) is 9.38. The first-order valence-electron chi connectivity index (χ1n) is 10.7. The Bertz CT molecular complexity index is 1150. The van der Waals surface area contributed by atoms with Crippen molar-refractivity contribution in [3.05, 3.63) is 64.7 Å². The Morgan fingerprint density at radius 3 is 2.47 bits per heavy atom. The molecule has 0 unspecified atom stereocenters. The first kappa shape index (κ1) is 24.2. The highest BCUT2D eigenvalue weighted by Gasteiger charge is 2.68. The van der Waals surface area contributed by atoms with E-state index in [-0.39, 0.29) is 13.0 Å². The topological polar surface area (TPSA) is 102 Å². The molecule has 2 aromatic carbocycles. The predicted octanol–water partition coefficient (Wildman–Crippen LogP) is 2.20. The number of carbonyl (C=O) groups is 3. The van der Waals surface area contributed by atoms with Gasteiger partial charge in [0.2, 0.25) is 11.8 Å². The van der Waals surface area contributed by atoms with Gasteiger partial charge in [0.1, 0.15) is 29.8 Å². The molecular weight excluding hydrogens is 480 g/mol. The Kier molecular flexibility index (Phi) is 6.69. The maximum Gasteiger partial charge on any atom is 0.330 e. The molecule has 2 fully saturated rings. The largest absolute Gasteiger partial charge is 0.497 e. The summed E-state index contributed by atoms with van der Waals surface area (Å²) in [6, 6.07) is 12.0. The molecule has 10 heteroatoms. The molecule has 0 aliphatic carbocycles. The fourth-order valence-corrected chi connectivity index (χ4v) is 6.39. The first-order valence-corrected chi connectivity index (χ1v) is 12.3. The van der Waals surface area contributed by atoms with Gasteiger partial charge in [-0.25, -0.2) is 4.79 Å². The van der Waals surface area contributed by atoms with Crippen LogP contribution >= 0.6 is 11.6 Å². The molecule has 2 aliphatic heterocycles. The van der Waals surface area contributed by atoms with Crippen LogP contribution in [0.5, 0.6) is 5.75 Å². The monoisotopic (exact) mass is 504 g/mol. The zero-order chi connectivity index (χ0) is 24.6. The Labute approximate surface area is 205 Å². The van der Waals surface area contributed by atoms with Crippen LogP contribution in [0.3, 0.4) is 0 Å². The minimum absolute atomic E-state index is 0.00669. The Morgan fingerprint density at radius 2 is 1.82 bits per heavy atom. The van der Waals surface area contributed by atoms with E-state index in [4.69, 9.17) is 21.1 Å². The van der Waals surface area contributed by atoms with Crippen LogP contribution in [0.15, 0.2) is 48.5 Å². The van der Waals surface area contributed by atoms with Gasteiger partial charge in [-0.1, -0.05) is 41.9 Å². The van der Waals surface area contributed by atoms with E-state index in [2.05, 4.69) is 5.32 Å². The lowest BCUT2D eigenvalue weighted by atomic mass is 9.95. The van der Waals surface area contributed by atoms with Crippen LogP contribution in [0.1, 0.15) is 25.0 Å². The highest BCUT2D eigenvalue weighted by Crippen LogP contribution is 2.44. The molecule has 0 radical (unpaired) electrons. The van der Waals surface area contributed by atoms with Crippen molar-refractivity contribution in [1.29, 1.82) is 0 Å². The van der Waals surface area contributed by atoms with Crippen molar-refractivity contribution >= 4 is 40.2 Å². The number of nitrogens with zero attached hydrogens (tertiary/aromatic N) is 1. The molecule has 2 aliphatic rings. The summed E-state index contributed by atoms with van der Waals surface area (Å²) < 4.78 is 22.8. The normalized spacial score (nSPS) is 24.7. The molecule has 1 N–H and O–H groups in total.